The second-order valence-corrected chi connectivity index (χ2v) is 12.9. The Bertz CT molecular complexity index is 2690. The van der Waals surface area contributed by atoms with E-state index in [0.717, 1.165) is 61.2 Å². The van der Waals surface area contributed by atoms with Crippen molar-refractivity contribution in [3.8, 4) is 16.8 Å². The summed E-state index contributed by atoms with van der Waals surface area (Å²) in [5.74, 6) is 0.871. The minimum Gasteiger partial charge on any atom is -0.454 e. The highest BCUT2D eigenvalue weighted by Crippen LogP contribution is 2.41. The van der Waals surface area contributed by atoms with Crippen molar-refractivity contribution in [1.82, 2.24) is 15.2 Å². The van der Waals surface area contributed by atoms with E-state index in [4.69, 9.17) is 9.41 Å². The van der Waals surface area contributed by atoms with Crippen LogP contribution < -0.4 is 10.6 Å². The number of amidine groups is 1. The molecule has 0 aliphatic carbocycles. The summed E-state index contributed by atoms with van der Waals surface area (Å²) < 4.78 is 9.01. The van der Waals surface area contributed by atoms with Gasteiger partial charge in [-0.2, -0.15) is 0 Å². The lowest BCUT2D eigenvalue weighted by atomic mass is 10.0. The fourth-order valence-electron chi connectivity index (χ4n) is 7.45. The molecule has 0 amide bonds. The molecule has 50 heavy (non-hydrogen) atoms. The highest BCUT2D eigenvalue weighted by Gasteiger charge is 2.26. The number of hydrogen-bond acceptors (Lipinski definition) is 4. The van der Waals surface area contributed by atoms with Crippen molar-refractivity contribution in [3.63, 3.8) is 0 Å². The average Bonchev–Trinajstić information content (AvgIpc) is 3.74. The third-order valence-electron chi connectivity index (χ3n) is 9.89. The first kappa shape index (κ1) is 28.6. The van der Waals surface area contributed by atoms with E-state index in [1.54, 1.807) is 0 Å². The minimum absolute atomic E-state index is 0.143. The number of benzene rings is 7. The van der Waals surface area contributed by atoms with Gasteiger partial charge in [-0.3, -0.25) is 5.32 Å². The van der Waals surface area contributed by atoms with Crippen molar-refractivity contribution in [1.29, 1.82) is 0 Å². The van der Waals surface area contributed by atoms with Gasteiger partial charge in [-0.05, 0) is 58.7 Å². The van der Waals surface area contributed by atoms with Gasteiger partial charge in [0.1, 0.15) is 23.8 Å². The lowest BCUT2D eigenvalue weighted by molar-refractivity contribution is 0.409. The van der Waals surface area contributed by atoms with Crippen LogP contribution in [0, 0.1) is 0 Å². The van der Waals surface area contributed by atoms with Crippen LogP contribution in [-0.4, -0.2) is 10.4 Å². The van der Waals surface area contributed by atoms with Crippen molar-refractivity contribution < 1.29 is 4.42 Å². The van der Waals surface area contributed by atoms with E-state index in [1.165, 1.54) is 21.9 Å². The number of aliphatic imine (C=N–C) groups is 1. The van der Waals surface area contributed by atoms with Gasteiger partial charge in [0.15, 0.2) is 5.58 Å². The first-order valence-electron chi connectivity index (χ1n) is 17.0. The van der Waals surface area contributed by atoms with Crippen LogP contribution in [0.4, 0.5) is 0 Å². The molecule has 9 aromatic rings. The Morgan fingerprint density at radius 3 is 1.98 bits per heavy atom. The summed E-state index contributed by atoms with van der Waals surface area (Å²) in [6, 6.07) is 59.8. The Balaban J connectivity index is 1.12. The molecule has 0 spiro atoms. The van der Waals surface area contributed by atoms with Gasteiger partial charge in [-0.15, -0.1) is 0 Å². The summed E-state index contributed by atoms with van der Waals surface area (Å²) in [5.41, 5.74) is 10.8. The molecule has 2 aromatic heterocycles. The first-order valence-corrected chi connectivity index (χ1v) is 17.0. The van der Waals surface area contributed by atoms with E-state index in [0.29, 0.717) is 0 Å². The molecule has 0 radical (unpaired) electrons. The normalized spacial score (nSPS) is 16.2. The van der Waals surface area contributed by atoms with Crippen molar-refractivity contribution in [2.75, 3.05) is 0 Å². The molecule has 2 atom stereocenters. The number of nitrogens with one attached hydrogen (secondary N) is 2. The van der Waals surface area contributed by atoms with Gasteiger partial charge >= 0.3 is 0 Å². The van der Waals surface area contributed by atoms with Crippen LogP contribution in [0.25, 0.3) is 60.6 Å². The van der Waals surface area contributed by atoms with Gasteiger partial charge in [0.05, 0.1) is 11.0 Å². The fourth-order valence-corrected chi connectivity index (χ4v) is 7.45. The Morgan fingerprint density at radius 1 is 0.520 bits per heavy atom. The van der Waals surface area contributed by atoms with E-state index < -0.39 is 0 Å². The number of furan rings is 1. The van der Waals surface area contributed by atoms with Crippen LogP contribution in [0.5, 0.6) is 0 Å². The molecule has 2 N–H and O–H groups in total. The maximum absolute atomic E-state index is 6.64. The molecule has 5 heteroatoms. The minimum atomic E-state index is -0.185. The summed E-state index contributed by atoms with van der Waals surface area (Å²) >= 11 is 0. The van der Waals surface area contributed by atoms with Gasteiger partial charge in [0.2, 0.25) is 0 Å². The second kappa shape index (κ2) is 11.6. The van der Waals surface area contributed by atoms with Gasteiger partial charge in [0.25, 0.3) is 0 Å². The Hall–Kier alpha value is -6.43. The quantitative estimate of drug-likeness (QED) is 0.196. The fraction of sp³-hybridized carbons (Fsp3) is 0.0444. The maximum Gasteiger partial charge on any atom is 0.160 e. The number of para-hydroxylation sites is 1. The predicted molar refractivity (Wildman–Crippen MR) is 205 cm³/mol. The largest absolute Gasteiger partial charge is 0.454 e. The molecule has 2 unspecified atom stereocenters. The molecule has 0 fully saturated rings. The number of hydrogen-bond donors (Lipinski definition) is 2. The van der Waals surface area contributed by atoms with E-state index >= 15 is 0 Å². The number of nitrogens with zero attached hydrogens (tertiary/aromatic N) is 2. The van der Waals surface area contributed by atoms with Crippen LogP contribution >= 0.6 is 0 Å². The highest BCUT2D eigenvalue weighted by atomic mass is 16.3. The molecule has 0 saturated carbocycles. The SMILES string of the molecule is c1ccc(C2=NC(c3ccccc3)NC(c3ccc(-n4c5ccc(-c6ccccc6)cc5c5ccc6c7ccccc7oc6c54)cc3)N2)cc1. The Labute approximate surface area is 289 Å². The molecular weight excluding hydrogens is 613 g/mol. The highest BCUT2D eigenvalue weighted by molar-refractivity contribution is 6.21. The van der Waals surface area contributed by atoms with Crippen LogP contribution in [0.2, 0.25) is 0 Å². The van der Waals surface area contributed by atoms with E-state index in [9.17, 15) is 0 Å². The summed E-state index contributed by atoms with van der Waals surface area (Å²) in [4.78, 5) is 5.08. The van der Waals surface area contributed by atoms with Crippen molar-refractivity contribution in [3.05, 3.63) is 187 Å². The Kier molecular flexibility index (Phi) is 6.64. The smallest absolute Gasteiger partial charge is 0.160 e. The molecular formula is C45H32N4O. The van der Waals surface area contributed by atoms with Crippen molar-refractivity contribution in [2.24, 2.45) is 4.99 Å². The molecule has 7 aromatic carbocycles. The zero-order valence-electron chi connectivity index (χ0n) is 27.1. The summed E-state index contributed by atoms with van der Waals surface area (Å²) in [5, 5.41) is 12.0. The number of rotatable bonds is 5. The second-order valence-electron chi connectivity index (χ2n) is 12.9. The molecule has 238 valence electrons. The zero-order valence-corrected chi connectivity index (χ0v) is 27.1. The predicted octanol–water partition coefficient (Wildman–Crippen LogP) is 10.7. The number of fused-ring (bicyclic) bond motifs is 7. The average molecular weight is 645 g/mol. The van der Waals surface area contributed by atoms with Crippen LogP contribution in [0.1, 0.15) is 29.0 Å². The first-order chi connectivity index (χ1) is 24.8. The molecule has 0 bridgehead atoms. The summed E-state index contributed by atoms with van der Waals surface area (Å²) in [6.07, 6.45) is -0.328. The summed E-state index contributed by atoms with van der Waals surface area (Å²) in [7, 11) is 0. The lowest BCUT2D eigenvalue weighted by Gasteiger charge is -2.32. The summed E-state index contributed by atoms with van der Waals surface area (Å²) in [6.45, 7) is 0. The van der Waals surface area contributed by atoms with Gasteiger partial charge in [0, 0.05) is 32.8 Å². The van der Waals surface area contributed by atoms with Crippen LogP contribution in [0.3, 0.4) is 0 Å². The molecule has 3 heterocycles. The standard InChI is InChI=1S/C45H32N4O/c1-4-12-29(13-5-1)33-22-27-39-38(28-33)36-25-26-37-35-18-10-11-19-40(35)50-42(37)41(36)49(39)34-23-20-32(21-24-34)45-47-43(30-14-6-2-7-15-30)46-44(48-45)31-16-8-3-9-17-31/h1-28,43,45,47H,(H,46,48). The van der Waals surface area contributed by atoms with Crippen LogP contribution in [-0.2, 0) is 0 Å². The van der Waals surface area contributed by atoms with E-state index in [-0.39, 0.29) is 12.3 Å². The zero-order chi connectivity index (χ0) is 33.0. The molecule has 1 aliphatic heterocycles. The van der Waals surface area contributed by atoms with Crippen molar-refractivity contribution >= 4 is 49.6 Å². The maximum atomic E-state index is 6.64. The molecule has 1 aliphatic rings. The monoisotopic (exact) mass is 644 g/mol. The molecule has 0 saturated heterocycles. The lowest BCUT2D eigenvalue weighted by Crippen LogP contribution is -2.44. The Morgan fingerprint density at radius 2 is 1.20 bits per heavy atom. The van der Waals surface area contributed by atoms with Gasteiger partial charge in [-0.25, -0.2) is 4.99 Å². The van der Waals surface area contributed by atoms with E-state index in [1.807, 2.05) is 18.2 Å². The van der Waals surface area contributed by atoms with Gasteiger partial charge in [-0.1, -0.05) is 133 Å². The van der Waals surface area contributed by atoms with Gasteiger partial charge < -0.3 is 14.3 Å². The third-order valence-corrected chi connectivity index (χ3v) is 9.89. The van der Waals surface area contributed by atoms with E-state index in [2.05, 4.69) is 167 Å². The van der Waals surface area contributed by atoms with Crippen molar-refractivity contribution in [2.45, 2.75) is 12.3 Å². The van der Waals surface area contributed by atoms with Crippen LogP contribution in [0.15, 0.2) is 179 Å². The topological polar surface area (TPSA) is 54.5 Å². The third kappa shape index (κ3) is 4.71. The number of aromatic nitrogens is 1. The molecule has 10 rings (SSSR count). The molecule has 5 nitrogen and oxygen atoms in total.